The fourth-order valence-corrected chi connectivity index (χ4v) is 6.95. The molecule has 1 spiro atoms. The number of nitrogens with one attached hydrogen (secondary N) is 1. The number of carboxylic acids is 1. The Morgan fingerprint density at radius 2 is 1.88 bits per heavy atom. The number of carboxylic acid groups (broad SMARTS) is 1. The summed E-state index contributed by atoms with van der Waals surface area (Å²) in [6.45, 7) is 4.27. The number of halogens is 3. The molecular weight excluding hydrogens is 584 g/mol. The number of nitrogens with zero attached hydrogens (tertiary/aromatic N) is 2. The van der Waals surface area contributed by atoms with E-state index in [9.17, 15) is 19.2 Å². The van der Waals surface area contributed by atoms with Crippen molar-refractivity contribution in [3.63, 3.8) is 0 Å². The fraction of sp³-hybridized carbons (Fsp3) is 0.290. The molecule has 1 aliphatic carbocycles. The molecule has 2 aromatic carbocycles. The molecule has 2 N–H and O–H groups in total. The first-order chi connectivity index (χ1) is 20.0. The van der Waals surface area contributed by atoms with E-state index in [-0.39, 0.29) is 23.0 Å². The standard InChI is InChI=1S/C31H26Cl2FN3O5/c1-16(32)3-2-4-22(34)26-25-24(15-36(28(25)39)20-10-7-18(8-11-20)27(38)29(40)41)37(14-17-5-6-17)31(26)21-12-9-19(33)13-23(21)35-30(31)42/h2-4,7-13,17,24-26H,1,5-6,14-15H2,(H,35,42)(H,40,41)/b3-2-,22-4-/t24-,25+,26-,31+/m0/s1. The fourth-order valence-electron chi connectivity index (χ4n) is 6.70. The van der Waals surface area contributed by atoms with Gasteiger partial charge in [-0.25, -0.2) is 9.18 Å². The number of hydrogen-bond acceptors (Lipinski definition) is 5. The number of allylic oxidation sites excluding steroid dienone is 4. The third-order valence-electron chi connectivity index (χ3n) is 8.60. The molecule has 3 heterocycles. The number of carbonyl (C=O) groups excluding carboxylic acids is 3. The average Bonchev–Trinajstić information content (AvgIpc) is 3.57. The van der Waals surface area contributed by atoms with Gasteiger partial charge in [0.1, 0.15) is 11.4 Å². The number of aliphatic carboxylic acids is 1. The number of amides is 2. The van der Waals surface area contributed by atoms with E-state index in [2.05, 4.69) is 11.9 Å². The Labute approximate surface area is 251 Å². The number of likely N-dealkylation sites (tertiary alicyclic amines) is 1. The number of Topliss-reactive ketones (excluding diaryl/α,β-unsaturated/α-hetero) is 1. The molecule has 2 saturated heterocycles. The quantitative estimate of drug-likeness (QED) is 0.239. The summed E-state index contributed by atoms with van der Waals surface area (Å²) in [5.74, 6) is -5.84. The van der Waals surface area contributed by atoms with E-state index < -0.39 is 46.9 Å². The van der Waals surface area contributed by atoms with Crippen LogP contribution < -0.4 is 10.2 Å². The third kappa shape index (κ3) is 4.47. The first-order valence-electron chi connectivity index (χ1n) is 13.5. The van der Waals surface area contributed by atoms with E-state index >= 15 is 4.39 Å². The number of fused-ring (bicyclic) bond motifs is 3. The molecule has 4 aliphatic rings. The van der Waals surface area contributed by atoms with Gasteiger partial charge >= 0.3 is 5.97 Å². The lowest BCUT2D eigenvalue weighted by molar-refractivity contribution is -0.132. The lowest BCUT2D eigenvalue weighted by atomic mass is 9.74. The van der Waals surface area contributed by atoms with Gasteiger partial charge in [-0.2, -0.15) is 0 Å². The predicted molar refractivity (Wildman–Crippen MR) is 156 cm³/mol. The molecular formula is C31H26Cl2FN3O5. The first-order valence-corrected chi connectivity index (χ1v) is 14.2. The summed E-state index contributed by atoms with van der Waals surface area (Å²) in [6, 6.07) is 10.2. The predicted octanol–water partition coefficient (Wildman–Crippen LogP) is 5.29. The van der Waals surface area contributed by atoms with Crippen LogP contribution in [0.5, 0.6) is 0 Å². The lowest BCUT2D eigenvalue weighted by Gasteiger charge is -2.40. The van der Waals surface area contributed by atoms with Gasteiger partial charge < -0.3 is 15.3 Å². The van der Waals surface area contributed by atoms with Crippen molar-refractivity contribution in [3.05, 3.63) is 94.3 Å². The summed E-state index contributed by atoms with van der Waals surface area (Å²) in [7, 11) is 0. The van der Waals surface area contributed by atoms with Crippen LogP contribution in [0.1, 0.15) is 28.8 Å². The van der Waals surface area contributed by atoms with Gasteiger partial charge in [-0.05, 0) is 67.3 Å². The summed E-state index contributed by atoms with van der Waals surface area (Å²) >= 11 is 12.1. The smallest absolute Gasteiger partial charge is 0.377 e. The maximum absolute atomic E-state index is 16.5. The van der Waals surface area contributed by atoms with Gasteiger partial charge in [0.2, 0.25) is 11.8 Å². The van der Waals surface area contributed by atoms with Crippen LogP contribution in [0.4, 0.5) is 15.8 Å². The number of carbonyl (C=O) groups is 4. The van der Waals surface area contributed by atoms with Crippen LogP contribution >= 0.6 is 23.2 Å². The van der Waals surface area contributed by atoms with Crippen LogP contribution in [-0.4, -0.2) is 52.7 Å². The van der Waals surface area contributed by atoms with Gasteiger partial charge in [-0.3, -0.25) is 19.3 Å². The van der Waals surface area contributed by atoms with E-state index in [0.717, 1.165) is 12.8 Å². The highest BCUT2D eigenvalue weighted by atomic mass is 35.5. The number of anilines is 2. The van der Waals surface area contributed by atoms with Crippen LogP contribution in [0.3, 0.4) is 0 Å². The number of hydrogen-bond donors (Lipinski definition) is 2. The summed E-state index contributed by atoms with van der Waals surface area (Å²) < 4.78 is 16.5. The molecule has 3 aliphatic heterocycles. The van der Waals surface area contributed by atoms with Crippen molar-refractivity contribution in [1.82, 2.24) is 4.90 Å². The van der Waals surface area contributed by atoms with Gasteiger partial charge in [0.25, 0.3) is 5.78 Å². The Bertz CT molecular complexity index is 1600. The third-order valence-corrected chi connectivity index (χ3v) is 8.96. The molecule has 3 fully saturated rings. The molecule has 2 aromatic rings. The molecule has 1 saturated carbocycles. The van der Waals surface area contributed by atoms with Crippen molar-refractivity contribution in [2.45, 2.75) is 24.4 Å². The van der Waals surface area contributed by atoms with Gasteiger partial charge in [0.05, 0.1) is 11.8 Å². The molecule has 0 aromatic heterocycles. The maximum Gasteiger partial charge on any atom is 0.377 e. The second kappa shape index (κ2) is 10.5. The zero-order valence-corrected chi connectivity index (χ0v) is 23.7. The van der Waals surface area contributed by atoms with E-state index in [1.807, 2.05) is 4.90 Å². The molecule has 0 radical (unpaired) electrons. The monoisotopic (exact) mass is 609 g/mol. The molecule has 216 valence electrons. The van der Waals surface area contributed by atoms with E-state index in [0.29, 0.717) is 34.4 Å². The Kier molecular flexibility index (Phi) is 7.07. The Hall–Kier alpha value is -3.79. The Morgan fingerprint density at radius 1 is 1.17 bits per heavy atom. The van der Waals surface area contributed by atoms with Crippen LogP contribution in [0.15, 0.2) is 78.1 Å². The minimum absolute atomic E-state index is 0.0233. The summed E-state index contributed by atoms with van der Waals surface area (Å²) in [4.78, 5) is 54.8. The second-order valence-corrected chi connectivity index (χ2v) is 12.0. The van der Waals surface area contributed by atoms with E-state index in [4.69, 9.17) is 28.3 Å². The largest absolute Gasteiger partial charge is 0.475 e. The van der Waals surface area contributed by atoms with Crippen LogP contribution in [0.25, 0.3) is 0 Å². The zero-order valence-electron chi connectivity index (χ0n) is 22.2. The zero-order chi connectivity index (χ0) is 29.9. The summed E-state index contributed by atoms with van der Waals surface area (Å²) in [5.41, 5.74) is -0.00371. The summed E-state index contributed by atoms with van der Waals surface area (Å²) in [6.07, 6.45) is 6.00. The van der Waals surface area contributed by atoms with Gasteiger partial charge in [-0.1, -0.05) is 41.9 Å². The molecule has 11 heteroatoms. The topological polar surface area (TPSA) is 107 Å². The van der Waals surface area contributed by atoms with Crippen molar-refractivity contribution in [1.29, 1.82) is 0 Å². The number of benzene rings is 2. The number of ketones is 1. The normalized spacial score (nSPS) is 27.1. The average molecular weight is 610 g/mol. The van der Waals surface area contributed by atoms with Crippen molar-refractivity contribution in [3.8, 4) is 0 Å². The molecule has 0 bridgehead atoms. The number of rotatable bonds is 8. The van der Waals surface area contributed by atoms with Crippen molar-refractivity contribution in [2.75, 3.05) is 23.3 Å². The van der Waals surface area contributed by atoms with Crippen LogP contribution in [-0.2, 0) is 19.9 Å². The van der Waals surface area contributed by atoms with Crippen LogP contribution in [0.2, 0.25) is 5.02 Å². The molecule has 8 nitrogen and oxygen atoms in total. The van der Waals surface area contributed by atoms with E-state index in [1.165, 1.54) is 47.4 Å². The summed E-state index contributed by atoms with van der Waals surface area (Å²) in [5, 5.41) is 12.6. The van der Waals surface area contributed by atoms with Crippen molar-refractivity contribution >= 4 is 58.1 Å². The molecule has 0 unspecified atom stereocenters. The van der Waals surface area contributed by atoms with Crippen molar-refractivity contribution < 1.29 is 28.7 Å². The Balaban J connectivity index is 1.47. The van der Waals surface area contributed by atoms with E-state index in [1.54, 1.807) is 18.2 Å². The minimum atomic E-state index is -1.58. The molecule has 2 amide bonds. The second-order valence-electron chi connectivity index (χ2n) is 11.1. The van der Waals surface area contributed by atoms with Crippen molar-refractivity contribution in [2.24, 2.45) is 17.8 Å². The van der Waals surface area contributed by atoms with Gasteiger partial charge in [-0.15, -0.1) is 0 Å². The van der Waals surface area contributed by atoms with Gasteiger partial charge in [0, 0.05) is 51.7 Å². The van der Waals surface area contributed by atoms with Gasteiger partial charge in [0.15, 0.2) is 0 Å². The SMILES string of the molecule is C=C(Cl)/C=C\C=C(/F)[C@H]1[C@@H]2C(=O)N(c3ccc(C(=O)C(=O)O)cc3)C[C@@H]2N(CC2CC2)[C@@]12C(=O)Nc1cc(Cl)ccc12. The minimum Gasteiger partial charge on any atom is -0.475 e. The highest BCUT2D eigenvalue weighted by Crippen LogP contribution is 2.60. The lowest BCUT2D eigenvalue weighted by Crippen LogP contribution is -2.55. The maximum atomic E-state index is 16.5. The Morgan fingerprint density at radius 3 is 2.52 bits per heavy atom. The molecule has 6 rings (SSSR count). The molecule has 4 atom stereocenters. The highest BCUT2D eigenvalue weighted by Gasteiger charge is 2.71. The van der Waals surface area contributed by atoms with Crippen LogP contribution in [0, 0.1) is 17.8 Å². The molecule has 42 heavy (non-hydrogen) atoms. The first kappa shape index (κ1) is 28.3. The highest BCUT2D eigenvalue weighted by molar-refractivity contribution is 6.39.